The van der Waals surface area contributed by atoms with Crippen molar-refractivity contribution in [1.82, 2.24) is 15.2 Å². The molecule has 4 rings (SSSR count). The molecule has 0 radical (unpaired) electrons. The second-order valence-corrected chi connectivity index (χ2v) is 7.94. The Morgan fingerprint density at radius 2 is 1.75 bits per heavy atom. The van der Waals surface area contributed by atoms with Crippen molar-refractivity contribution in [1.29, 1.82) is 0 Å². The Bertz CT molecular complexity index is 1110. The highest BCUT2D eigenvalue weighted by Gasteiger charge is 2.29. The first-order chi connectivity index (χ1) is 15.3. The van der Waals surface area contributed by atoms with E-state index in [1.807, 2.05) is 12.4 Å². The van der Waals surface area contributed by atoms with E-state index in [4.69, 9.17) is 20.9 Å². The predicted octanol–water partition coefficient (Wildman–Crippen LogP) is 4.19. The van der Waals surface area contributed by atoms with E-state index in [1.165, 1.54) is 29.4 Å². The van der Waals surface area contributed by atoms with Gasteiger partial charge in [0.15, 0.2) is 0 Å². The number of carboxylic acid groups (broad SMARTS) is 2. The van der Waals surface area contributed by atoms with Crippen LogP contribution in [-0.4, -0.2) is 37.3 Å². The molecule has 2 aromatic heterocycles. The van der Waals surface area contributed by atoms with Gasteiger partial charge >= 0.3 is 11.9 Å². The van der Waals surface area contributed by atoms with Crippen molar-refractivity contribution in [3.05, 3.63) is 59.9 Å². The number of rotatable bonds is 7. The number of aromatic nitrogens is 3. The summed E-state index contributed by atoms with van der Waals surface area (Å²) >= 11 is 0. The number of carbonyl (C=O) groups is 2. The second kappa shape index (κ2) is 9.74. The molecule has 0 bridgehead atoms. The molecule has 32 heavy (non-hydrogen) atoms. The van der Waals surface area contributed by atoms with Crippen molar-refractivity contribution in [3.63, 3.8) is 0 Å². The van der Waals surface area contributed by atoms with Gasteiger partial charge < -0.3 is 15.9 Å². The van der Waals surface area contributed by atoms with Crippen molar-refractivity contribution >= 4 is 22.8 Å². The van der Waals surface area contributed by atoms with Gasteiger partial charge in [0.1, 0.15) is 0 Å². The maximum Gasteiger partial charge on any atom is 0.328 e. The number of aliphatic carboxylic acids is 2. The molecule has 0 aliphatic heterocycles. The zero-order chi connectivity index (χ0) is 23.3. The minimum absolute atomic E-state index is 0.278. The number of nitrogens with two attached hydrogens (primary N) is 1. The van der Waals surface area contributed by atoms with Crippen molar-refractivity contribution in [2.24, 2.45) is 5.73 Å². The Kier molecular flexibility index (Phi) is 7.05. The molecule has 8 heteroatoms. The van der Waals surface area contributed by atoms with E-state index in [-0.39, 0.29) is 5.54 Å². The molecular formula is C24H28N4O4. The molecule has 0 unspecified atom stereocenters. The molecule has 2 heterocycles. The van der Waals surface area contributed by atoms with Crippen LogP contribution >= 0.6 is 0 Å². The Morgan fingerprint density at radius 3 is 2.25 bits per heavy atom. The van der Waals surface area contributed by atoms with Crippen LogP contribution in [0.25, 0.3) is 22.2 Å². The van der Waals surface area contributed by atoms with E-state index in [9.17, 15) is 9.59 Å². The van der Waals surface area contributed by atoms with Gasteiger partial charge in [-0.15, -0.1) is 0 Å². The highest BCUT2D eigenvalue weighted by molar-refractivity contribution is 5.90. The topological polar surface area (TPSA) is 142 Å². The first-order valence-corrected chi connectivity index (χ1v) is 10.6. The fraction of sp³-hybridized carbons (Fsp3) is 0.333. The number of benzene rings is 1. The van der Waals surface area contributed by atoms with Crippen LogP contribution in [0.4, 0.5) is 0 Å². The van der Waals surface area contributed by atoms with Crippen LogP contribution in [0.1, 0.15) is 56.6 Å². The van der Waals surface area contributed by atoms with E-state index in [1.54, 1.807) is 0 Å². The molecule has 0 amide bonds. The van der Waals surface area contributed by atoms with Gasteiger partial charge in [0.05, 0.1) is 17.4 Å². The maximum atomic E-state index is 9.55. The van der Waals surface area contributed by atoms with Gasteiger partial charge in [-0.1, -0.05) is 26.0 Å². The van der Waals surface area contributed by atoms with Crippen molar-refractivity contribution in [2.45, 2.75) is 51.0 Å². The van der Waals surface area contributed by atoms with E-state index in [0.717, 1.165) is 29.6 Å². The highest BCUT2D eigenvalue weighted by Crippen LogP contribution is 2.47. The maximum absolute atomic E-state index is 9.55. The van der Waals surface area contributed by atoms with Gasteiger partial charge in [-0.3, -0.25) is 10.1 Å². The van der Waals surface area contributed by atoms with E-state index < -0.39 is 11.9 Å². The minimum Gasteiger partial charge on any atom is -0.478 e. The first kappa shape index (κ1) is 23.1. The number of hydrogen-bond donors (Lipinski definition) is 4. The van der Waals surface area contributed by atoms with Crippen LogP contribution in [0.2, 0.25) is 0 Å². The summed E-state index contributed by atoms with van der Waals surface area (Å²) in [5.41, 5.74) is 12.1. The van der Waals surface area contributed by atoms with E-state index in [2.05, 4.69) is 48.3 Å². The number of hydrogen-bond acceptors (Lipinski definition) is 5. The summed E-state index contributed by atoms with van der Waals surface area (Å²) in [7, 11) is 0. The number of aromatic amines is 1. The predicted molar refractivity (Wildman–Crippen MR) is 122 cm³/mol. The Labute approximate surface area is 186 Å². The lowest BCUT2D eigenvalue weighted by atomic mass is 9.86. The molecule has 1 fully saturated rings. The molecule has 5 N–H and O–H groups in total. The third kappa shape index (κ3) is 5.20. The molecule has 0 spiro atoms. The van der Waals surface area contributed by atoms with Gasteiger partial charge in [-0.2, -0.15) is 5.10 Å². The first-order valence-electron chi connectivity index (χ1n) is 10.6. The summed E-state index contributed by atoms with van der Waals surface area (Å²) in [5.74, 6) is -1.87. The Balaban J connectivity index is 0.000000312. The summed E-state index contributed by atoms with van der Waals surface area (Å²) in [5, 5.41) is 24.1. The van der Waals surface area contributed by atoms with Gasteiger partial charge in [0, 0.05) is 34.8 Å². The van der Waals surface area contributed by atoms with Crippen LogP contribution in [0, 0.1) is 0 Å². The van der Waals surface area contributed by atoms with Crippen LogP contribution in [0.5, 0.6) is 0 Å². The SMILES string of the molecule is CCC(N)(CC)c1ccc(-c2ccc3[nH]ncc3c2C2CC2)nc1.O=C(O)/C=C\C(=O)O. The number of carboxylic acids is 2. The Hall–Kier alpha value is -3.52. The van der Waals surface area contributed by atoms with Crippen molar-refractivity contribution in [2.75, 3.05) is 0 Å². The average molecular weight is 437 g/mol. The van der Waals surface area contributed by atoms with E-state index in [0.29, 0.717) is 18.1 Å². The zero-order valence-corrected chi connectivity index (χ0v) is 18.2. The van der Waals surface area contributed by atoms with E-state index >= 15 is 0 Å². The van der Waals surface area contributed by atoms with Crippen molar-refractivity contribution in [3.8, 4) is 11.3 Å². The number of H-pyrrole nitrogens is 1. The van der Waals surface area contributed by atoms with Crippen LogP contribution in [0.15, 0.2) is 48.8 Å². The summed E-state index contributed by atoms with van der Waals surface area (Å²) in [4.78, 5) is 23.9. The normalized spacial score (nSPS) is 13.7. The third-order valence-corrected chi connectivity index (χ3v) is 5.90. The molecule has 8 nitrogen and oxygen atoms in total. The second-order valence-electron chi connectivity index (χ2n) is 7.94. The highest BCUT2D eigenvalue weighted by atomic mass is 16.4. The van der Waals surface area contributed by atoms with Crippen LogP contribution < -0.4 is 5.73 Å². The minimum atomic E-state index is -1.26. The number of pyridine rings is 1. The lowest BCUT2D eigenvalue weighted by molar-refractivity contribution is -0.134. The monoisotopic (exact) mass is 436 g/mol. The van der Waals surface area contributed by atoms with Gasteiger partial charge in [-0.25, -0.2) is 9.59 Å². The molecule has 0 atom stereocenters. The fourth-order valence-corrected chi connectivity index (χ4v) is 3.72. The van der Waals surface area contributed by atoms with Crippen LogP contribution in [-0.2, 0) is 15.1 Å². The smallest absolute Gasteiger partial charge is 0.328 e. The summed E-state index contributed by atoms with van der Waals surface area (Å²) in [6, 6.07) is 8.54. The molecule has 1 aromatic carbocycles. The Morgan fingerprint density at radius 1 is 1.09 bits per heavy atom. The number of nitrogens with one attached hydrogen (secondary N) is 1. The quantitative estimate of drug-likeness (QED) is 0.407. The molecule has 1 aliphatic rings. The van der Waals surface area contributed by atoms with Gasteiger partial charge in [-0.05, 0) is 54.9 Å². The van der Waals surface area contributed by atoms with Crippen LogP contribution in [0.3, 0.4) is 0 Å². The molecule has 0 saturated heterocycles. The van der Waals surface area contributed by atoms with Gasteiger partial charge in [0.25, 0.3) is 0 Å². The lowest BCUT2D eigenvalue weighted by Gasteiger charge is -2.27. The summed E-state index contributed by atoms with van der Waals surface area (Å²) < 4.78 is 0. The summed E-state index contributed by atoms with van der Waals surface area (Å²) in [6.07, 6.45) is 9.36. The summed E-state index contributed by atoms with van der Waals surface area (Å²) in [6.45, 7) is 4.27. The molecule has 1 saturated carbocycles. The zero-order valence-electron chi connectivity index (χ0n) is 18.2. The average Bonchev–Trinajstić information content (AvgIpc) is 3.52. The standard InChI is InChI=1S/C20H24N4.C4H4O4/c1-3-20(21,4-2)14-7-9-17(22-11-14)15-8-10-18-16(12-23-24-18)19(15)13-5-6-13;5-3(6)1-2-4(7)8/h7-13H,3-6,21H2,1-2H3,(H,23,24);1-2H,(H,5,6)(H,7,8)/b;2-1-. The van der Waals surface area contributed by atoms with Gasteiger partial charge in [0.2, 0.25) is 0 Å². The fourth-order valence-electron chi connectivity index (χ4n) is 3.72. The largest absolute Gasteiger partial charge is 0.478 e. The molecule has 3 aromatic rings. The lowest BCUT2D eigenvalue weighted by Crippen LogP contribution is -2.35. The molecule has 168 valence electrons. The molecular weight excluding hydrogens is 408 g/mol. The number of fused-ring (bicyclic) bond motifs is 1. The molecule has 1 aliphatic carbocycles. The number of nitrogens with zero attached hydrogens (tertiary/aromatic N) is 2. The third-order valence-electron chi connectivity index (χ3n) is 5.90. The van der Waals surface area contributed by atoms with Crippen molar-refractivity contribution < 1.29 is 19.8 Å².